The van der Waals surface area contributed by atoms with E-state index < -0.39 is 5.97 Å². The number of hydrogen-bond donors (Lipinski definition) is 1. The van der Waals surface area contributed by atoms with Crippen molar-refractivity contribution in [1.29, 1.82) is 0 Å². The molecule has 136 valence electrons. The first-order chi connectivity index (χ1) is 13.2. The highest BCUT2D eigenvalue weighted by molar-refractivity contribution is 5.94. The Morgan fingerprint density at radius 2 is 1.74 bits per heavy atom. The standard InChI is InChI=1S/C23H21NO3/c1-2-17-8-11-20(12-9-17)24-15-19-10-13-22(21(14-19)23(25)26)27-16-18-6-4-3-5-7-18/h3-15H,2,16H2,1H3,(H,25,26). The molecule has 0 saturated carbocycles. The molecule has 3 aromatic rings. The van der Waals surface area contributed by atoms with Gasteiger partial charge in [-0.15, -0.1) is 0 Å². The quantitative estimate of drug-likeness (QED) is 0.584. The summed E-state index contributed by atoms with van der Waals surface area (Å²) in [5.41, 5.74) is 3.89. The van der Waals surface area contributed by atoms with Crippen LogP contribution in [-0.2, 0) is 13.0 Å². The number of carboxylic acids is 1. The molecule has 4 nitrogen and oxygen atoms in total. The third kappa shape index (κ3) is 5.05. The zero-order valence-electron chi connectivity index (χ0n) is 15.1. The van der Waals surface area contributed by atoms with Gasteiger partial charge in [-0.25, -0.2) is 4.79 Å². The first-order valence-electron chi connectivity index (χ1n) is 8.83. The van der Waals surface area contributed by atoms with Crippen LogP contribution in [0.1, 0.15) is 34.0 Å². The third-order valence-corrected chi connectivity index (χ3v) is 4.18. The van der Waals surface area contributed by atoms with Crippen molar-refractivity contribution >= 4 is 17.9 Å². The van der Waals surface area contributed by atoms with Crippen LogP contribution in [0, 0.1) is 0 Å². The van der Waals surface area contributed by atoms with Crippen LogP contribution in [0.5, 0.6) is 5.75 Å². The van der Waals surface area contributed by atoms with Crippen molar-refractivity contribution in [3.8, 4) is 5.75 Å². The summed E-state index contributed by atoms with van der Waals surface area (Å²) in [5, 5.41) is 9.51. The molecule has 0 aliphatic heterocycles. The van der Waals surface area contributed by atoms with Crippen LogP contribution < -0.4 is 4.74 Å². The Balaban J connectivity index is 1.76. The van der Waals surface area contributed by atoms with Gasteiger partial charge in [0.1, 0.15) is 17.9 Å². The molecule has 4 heteroatoms. The Morgan fingerprint density at radius 1 is 1.00 bits per heavy atom. The minimum atomic E-state index is -1.03. The fourth-order valence-electron chi connectivity index (χ4n) is 2.62. The zero-order chi connectivity index (χ0) is 19.1. The normalized spacial score (nSPS) is 10.9. The summed E-state index contributed by atoms with van der Waals surface area (Å²) in [6, 6.07) is 22.7. The Morgan fingerprint density at radius 3 is 2.41 bits per heavy atom. The number of aryl methyl sites for hydroxylation is 1. The van der Waals surface area contributed by atoms with E-state index in [-0.39, 0.29) is 5.56 Å². The Labute approximate surface area is 158 Å². The van der Waals surface area contributed by atoms with Crippen molar-refractivity contribution in [3.05, 3.63) is 95.1 Å². The molecule has 0 unspecified atom stereocenters. The molecule has 27 heavy (non-hydrogen) atoms. The molecule has 0 atom stereocenters. The predicted octanol–water partition coefficient (Wildman–Crippen LogP) is 5.28. The Hall–Kier alpha value is -3.40. The number of benzene rings is 3. The number of ether oxygens (including phenoxy) is 1. The molecule has 0 saturated heterocycles. The van der Waals surface area contributed by atoms with Crippen molar-refractivity contribution in [3.63, 3.8) is 0 Å². The highest BCUT2D eigenvalue weighted by atomic mass is 16.5. The largest absolute Gasteiger partial charge is 0.488 e. The summed E-state index contributed by atoms with van der Waals surface area (Å²) in [7, 11) is 0. The van der Waals surface area contributed by atoms with Crippen LogP contribution in [0.4, 0.5) is 5.69 Å². The fraction of sp³-hybridized carbons (Fsp3) is 0.130. The first kappa shape index (κ1) is 18.4. The average molecular weight is 359 g/mol. The van der Waals surface area contributed by atoms with Crippen LogP contribution in [-0.4, -0.2) is 17.3 Å². The number of nitrogens with zero attached hydrogens (tertiary/aromatic N) is 1. The summed E-state index contributed by atoms with van der Waals surface area (Å²) >= 11 is 0. The number of aromatic carboxylic acids is 1. The maximum absolute atomic E-state index is 11.6. The predicted molar refractivity (Wildman–Crippen MR) is 107 cm³/mol. The van der Waals surface area contributed by atoms with E-state index in [2.05, 4.69) is 11.9 Å². The first-order valence-corrected chi connectivity index (χ1v) is 8.83. The second kappa shape index (κ2) is 8.81. The fourth-order valence-corrected chi connectivity index (χ4v) is 2.62. The monoisotopic (exact) mass is 359 g/mol. The van der Waals surface area contributed by atoms with E-state index in [1.807, 2.05) is 54.6 Å². The minimum Gasteiger partial charge on any atom is -0.488 e. The lowest BCUT2D eigenvalue weighted by atomic mass is 10.1. The number of aliphatic imine (C=N–C) groups is 1. The Kier molecular flexibility index (Phi) is 6.00. The highest BCUT2D eigenvalue weighted by Crippen LogP contribution is 2.22. The number of rotatable bonds is 7. The molecular weight excluding hydrogens is 338 g/mol. The summed E-state index contributed by atoms with van der Waals surface area (Å²) in [5.74, 6) is -0.684. The van der Waals surface area contributed by atoms with Gasteiger partial charge >= 0.3 is 5.97 Å². The number of hydrogen-bond acceptors (Lipinski definition) is 3. The lowest BCUT2D eigenvalue weighted by molar-refractivity contribution is 0.0691. The second-order valence-electron chi connectivity index (χ2n) is 6.11. The minimum absolute atomic E-state index is 0.121. The molecule has 3 rings (SSSR count). The van der Waals surface area contributed by atoms with Gasteiger partial charge in [-0.2, -0.15) is 0 Å². The summed E-state index contributed by atoms with van der Waals surface area (Å²) in [6.45, 7) is 2.42. The SMILES string of the molecule is CCc1ccc(N=Cc2ccc(OCc3ccccc3)c(C(=O)O)c2)cc1. The third-order valence-electron chi connectivity index (χ3n) is 4.18. The van der Waals surface area contributed by atoms with Crippen molar-refractivity contribution in [2.24, 2.45) is 4.99 Å². The van der Waals surface area contributed by atoms with E-state index in [1.54, 1.807) is 24.4 Å². The van der Waals surface area contributed by atoms with Crippen LogP contribution in [0.15, 0.2) is 77.8 Å². The zero-order valence-corrected chi connectivity index (χ0v) is 15.1. The van der Waals surface area contributed by atoms with Gasteiger partial charge < -0.3 is 9.84 Å². The van der Waals surface area contributed by atoms with Gasteiger partial charge in [-0.3, -0.25) is 4.99 Å². The van der Waals surface area contributed by atoms with Crippen molar-refractivity contribution in [2.45, 2.75) is 20.0 Å². The molecule has 0 amide bonds. The molecule has 0 aromatic heterocycles. The van der Waals surface area contributed by atoms with Gasteiger partial charge in [-0.1, -0.05) is 49.4 Å². The average Bonchev–Trinajstić information content (AvgIpc) is 2.72. The van der Waals surface area contributed by atoms with Crippen LogP contribution in [0.3, 0.4) is 0 Å². The van der Waals surface area contributed by atoms with Crippen LogP contribution >= 0.6 is 0 Å². The lowest BCUT2D eigenvalue weighted by Crippen LogP contribution is -2.04. The van der Waals surface area contributed by atoms with Crippen molar-refractivity contribution in [2.75, 3.05) is 0 Å². The number of carboxylic acid groups (broad SMARTS) is 1. The van der Waals surface area contributed by atoms with E-state index in [0.717, 1.165) is 17.7 Å². The second-order valence-corrected chi connectivity index (χ2v) is 6.11. The van der Waals surface area contributed by atoms with Gasteiger partial charge in [0.25, 0.3) is 0 Å². The lowest BCUT2D eigenvalue weighted by Gasteiger charge is -2.10. The molecule has 1 N–H and O–H groups in total. The summed E-state index contributed by atoms with van der Waals surface area (Å²) in [4.78, 5) is 16.0. The molecule has 0 spiro atoms. The Bertz CT molecular complexity index is 932. The van der Waals surface area contributed by atoms with Crippen molar-refractivity contribution in [1.82, 2.24) is 0 Å². The molecule has 0 bridgehead atoms. The highest BCUT2D eigenvalue weighted by Gasteiger charge is 2.12. The smallest absolute Gasteiger partial charge is 0.339 e. The molecule has 0 aliphatic rings. The van der Waals surface area contributed by atoms with Gasteiger partial charge in [0, 0.05) is 6.21 Å². The van der Waals surface area contributed by atoms with E-state index in [1.165, 1.54) is 5.56 Å². The van der Waals surface area contributed by atoms with Gasteiger partial charge in [0.15, 0.2) is 0 Å². The van der Waals surface area contributed by atoms with Gasteiger partial charge in [0.2, 0.25) is 0 Å². The van der Waals surface area contributed by atoms with E-state index >= 15 is 0 Å². The molecular formula is C23H21NO3. The van der Waals surface area contributed by atoms with E-state index in [9.17, 15) is 9.90 Å². The number of carbonyl (C=O) groups is 1. The van der Waals surface area contributed by atoms with Crippen molar-refractivity contribution < 1.29 is 14.6 Å². The molecule has 0 aliphatic carbocycles. The van der Waals surface area contributed by atoms with E-state index in [4.69, 9.17) is 4.74 Å². The van der Waals surface area contributed by atoms with Gasteiger partial charge in [-0.05, 0) is 53.4 Å². The molecule has 0 heterocycles. The van der Waals surface area contributed by atoms with Crippen LogP contribution in [0.2, 0.25) is 0 Å². The molecule has 3 aromatic carbocycles. The molecule has 0 radical (unpaired) electrons. The van der Waals surface area contributed by atoms with Crippen LogP contribution in [0.25, 0.3) is 0 Å². The topological polar surface area (TPSA) is 58.9 Å². The maximum atomic E-state index is 11.6. The summed E-state index contributed by atoms with van der Waals surface area (Å²) in [6.07, 6.45) is 2.64. The summed E-state index contributed by atoms with van der Waals surface area (Å²) < 4.78 is 5.70. The maximum Gasteiger partial charge on any atom is 0.339 e. The van der Waals surface area contributed by atoms with Gasteiger partial charge in [0.05, 0.1) is 5.69 Å². The van der Waals surface area contributed by atoms with E-state index in [0.29, 0.717) is 17.9 Å². The molecule has 0 fully saturated rings.